The molecule has 0 spiro atoms. The van der Waals surface area contributed by atoms with Gasteiger partial charge in [-0.3, -0.25) is 4.57 Å². The van der Waals surface area contributed by atoms with Crippen LogP contribution in [0.4, 0.5) is 5.69 Å². The van der Waals surface area contributed by atoms with E-state index in [4.69, 9.17) is 5.73 Å². The first-order valence-electron chi connectivity index (χ1n) is 4.84. The smallest absolute Gasteiger partial charge is 0.235 e. The average molecular weight is 211 g/mol. The Hall–Kier alpha value is -2.43. The molecule has 0 aliphatic carbocycles. The van der Waals surface area contributed by atoms with E-state index in [-0.39, 0.29) is 0 Å². The van der Waals surface area contributed by atoms with Gasteiger partial charge >= 0.3 is 0 Å². The largest absolute Gasteiger partial charge is 0.399 e. The summed E-state index contributed by atoms with van der Waals surface area (Å²) in [4.78, 5) is 12.6. The van der Waals surface area contributed by atoms with Crippen molar-refractivity contribution in [2.75, 3.05) is 5.73 Å². The van der Waals surface area contributed by atoms with Crippen molar-refractivity contribution in [1.29, 1.82) is 0 Å². The van der Waals surface area contributed by atoms with E-state index >= 15 is 0 Å². The Bertz CT molecular complexity index is 629. The van der Waals surface area contributed by atoms with Crippen LogP contribution in [0, 0.1) is 0 Å². The number of nitrogens with zero attached hydrogens (tertiary/aromatic N) is 4. The van der Waals surface area contributed by atoms with Crippen LogP contribution in [-0.2, 0) is 0 Å². The quantitative estimate of drug-likeness (QED) is 0.617. The number of anilines is 1. The first kappa shape index (κ1) is 8.84. The lowest BCUT2D eigenvalue weighted by atomic mass is 10.3. The number of nitrogen functional groups attached to an aromatic ring is 1. The first-order valence-corrected chi connectivity index (χ1v) is 4.84. The second-order valence-electron chi connectivity index (χ2n) is 3.41. The van der Waals surface area contributed by atoms with E-state index in [0.29, 0.717) is 11.6 Å². The third-order valence-corrected chi connectivity index (χ3v) is 2.34. The highest BCUT2D eigenvalue weighted by atomic mass is 15.2. The van der Waals surface area contributed by atoms with Gasteiger partial charge in [0.25, 0.3) is 0 Å². The van der Waals surface area contributed by atoms with Crippen LogP contribution in [-0.4, -0.2) is 19.5 Å². The second-order valence-corrected chi connectivity index (χ2v) is 3.41. The third-order valence-electron chi connectivity index (χ3n) is 2.34. The lowest BCUT2D eigenvalue weighted by molar-refractivity contribution is 0.948. The van der Waals surface area contributed by atoms with Gasteiger partial charge in [-0.2, -0.15) is 0 Å². The molecule has 1 aromatic carbocycles. The van der Waals surface area contributed by atoms with Crippen LogP contribution in [0.2, 0.25) is 0 Å². The Balaban J connectivity index is 2.26. The van der Waals surface area contributed by atoms with E-state index in [1.165, 1.54) is 0 Å². The SMILES string of the molecule is Nc1ccc2c(c1)ncn2-c1ncccn1. The fourth-order valence-corrected chi connectivity index (χ4v) is 1.60. The number of benzene rings is 1. The molecule has 0 unspecified atom stereocenters. The molecule has 0 saturated heterocycles. The van der Waals surface area contributed by atoms with Crippen molar-refractivity contribution < 1.29 is 0 Å². The minimum atomic E-state index is 0.606. The lowest BCUT2D eigenvalue weighted by Crippen LogP contribution is -1.98. The zero-order chi connectivity index (χ0) is 11.0. The van der Waals surface area contributed by atoms with Gasteiger partial charge in [-0.15, -0.1) is 0 Å². The van der Waals surface area contributed by atoms with Crippen molar-refractivity contribution in [2.45, 2.75) is 0 Å². The van der Waals surface area contributed by atoms with Crippen molar-refractivity contribution in [1.82, 2.24) is 19.5 Å². The molecule has 0 amide bonds. The van der Waals surface area contributed by atoms with E-state index in [9.17, 15) is 0 Å². The molecule has 2 heterocycles. The van der Waals surface area contributed by atoms with Crippen molar-refractivity contribution in [3.8, 4) is 5.95 Å². The van der Waals surface area contributed by atoms with Gasteiger partial charge in [0.2, 0.25) is 5.95 Å². The number of hydrogen-bond donors (Lipinski definition) is 1. The van der Waals surface area contributed by atoms with Crippen LogP contribution in [0.3, 0.4) is 0 Å². The molecule has 0 radical (unpaired) electrons. The van der Waals surface area contributed by atoms with Crippen molar-refractivity contribution in [3.05, 3.63) is 43.0 Å². The molecule has 0 aliphatic heterocycles. The molecule has 5 nitrogen and oxygen atoms in total. The molecular formula is C11H9N5. The summed E-state index contributed by atoms with van der Waals surface area (Å²) in [6.45, 7) is 0. The van der Waals surface area contributed by atoms with Gasteiger partial charge in [-0.1, -0.05) is 0 Å². The fourth-order valence-electron chi connectivity index (χ4n) is 1.60. The Kier molecular flexibility index (Phi) is 1.83. The predicted octanol–water partition coefficient (Wildman–Crippen LogP) is 1.40. The van der Waals surface area contributed by atoms with E-state index < -0.39 is 0 Å². The van der Waals surface area contributed by atoms with Gasteiger partial charge < -0.3 is 5.73 Å². The highest BCUT2D eigenvalue weighted by molar-refractivity contribution is 5.80. The van der Waals surface area contributed by atoms with Gasteiger partial charge in [-0.05, 0) is 24.3 Å². The summed E-state index contributed by atoms with van der Waals surface area (Å²) >= 11 is 0. The molecule has 3 aromatic rings. The zero-order valence-electron chi connectivity index (χ0n) is 8.41. The van der Waals surface area contributed by atoms with Gasteiger partial charge in [0.05, 0.1) is 11.0 Å². The van der Waals surface area contributed by atoms with Crippen LogP contribution in [0.5, 0.6) is 0 Å². The third kappa shape index (κ3) is 1.30. The van der Waals surface area contributed by atoms with Crippen molar-refractivity contribution in [2.24, 2.45) is 0 Å². The van der Waals surface area contributed by atoms with Crippen LogP contribution in [0.15, 0.2) is 43.0 Å². The van der Waals surface area contributed by atoms with Gasteiger partial charge in [0.15, 0.2) is 0 Å². The maximum atomic E-state index is 5.69. The Labute approximate surface area is 91.6 Å². The number of nitrogens with two attached hydrogens (primary N) is 1. The first-order chi connectivity index (χ1) is 7.84. The lowest BCUT2D eigenvalue weighted by Gasteiger charge is -2.00. The number of fused-ring (bicyclic) bond motifs is 1. The molecule has 78 valence electrons. The van der Waals surface area contributed by atoms with Crippen molar-refractivity contribution in [3.63, 3.8) is 0 Å². The highest BCUT2D eigenvalue weighted by Gasteiger charge is 2.05. The average Bonchev–Trinajstić information content (AvgIpc) is 2.73. The second kappa shape index (κ2) is 3.30. The number of imidazole rings is 1. The maximum absolute atomic E-state index is 5.69. The monoisotopic (exact) mass is 211 g/mol. The van der Waals surface area contributed by atoms with Gasteiger partial charge in [0.1, 0.15) is 6.33 Å². The molecule has 0 atom stereocenters. The standard InChI is InChI=1S/C11H9N5/c12-8-2-3-10-9(6-8)15-7-16(10)11-13-4-1-5-14-11/h1-7H,12H2. The Morgan fingerprint density at radius 3 is 2.69 bits per heavy atom. The maximum Gasteiger partial charge on any atom is 0.235 e. The van der Waals surface area contributed by atoms with E-state index in [1.54, 1.807) is 24.8 Å². The van der Waals surface area contributed by atoms with Gasteiger partial charge in [-0.25, -0.2) is 15.0 Å². The van der Waals surface area contributed by atoms with Crippen LogP contribution in [0.1, 0.15) is 0 Å². The number of rotatable bonds is 1. The molecule has 3 rings (SSSR count). The molecule has 2 aromatic heterocycles. The van der Waals surface area contributed by atoms with Crippen LogP contribution in [0.25, 0.3) is 17.0 Å². The van der Waals surface area contributed by atoms with Crippen LogP contribution < -0.4 is 5.73 Å². The summed E-state index contributed by atoms with van der Waals surface area (Å²) in [5.74, 6) is 0.606. The molecule has 0 aliphatic rings. The normalized spacial score (nSPS) is 10.8. The molecule has 2 N–H and O–H groups in total. The molecular weight excluding hydrogens is 202 g/mol. The summed E-state index contributed by atoms with van der Waals surface area (Å²) in [5, 5.41) is 0. The van der Waals surface area contributed by atoms with Crippen molar-refractivity contribution >= 4 is 16.7 Å². The molecule has 0 saturated carbocycles. The number of hydrogen-bond acceptors (Lipinski definition) is 4. The minimum Gasteiger partial charge on any atom is -0.399 e. The zero-order valence-corrected chi connectivity index (χ0v) is 8.41. The van der Waals surface area contributed by atoms with E-state index in [2.05, 4.69) is 15.0 Å². The fraction of sp³-hybridized carbons (Fsp3) is 0. The van der Waals surface area contributed by atoms with E-state index in [0.717, 1.165) is 11.0 Å². The molecule has 0 bridgehead atoms. The topological polar surface area (TPSA) is 69.6 Å². The predicted molar refractivity (Wildman–Crippen MR) is 61.1 cm³/mol. The van der Waals surface area contributed by atoms with Gasteiger partial charge in [0, 0.05) is 18.1 Å². The summed E-state index contributed by atoms with van der Waals surface area (Å²) in [6, 6.07) is 7.35. The Morgan fingerprint density at radius 1 is 1.06 bits per heavy atom. The van der Waals surface area contributed by atoms with E-state index in [1.807, 2.05) is 22.8 Å². The molecule has 16 heavy (non-hydrogen) atoms. The summed E-state index contributed by atoms with van der Waals surface area (Å²) in [5.41, 5.74) is 8.18. The summed E-state index contributed by atoms with van der Waals surface area (Å²) in [6.07, 6.45) is 5.09. The Morgan fingerprint density at radius 2 is 1.88 bits per heavy atom. The summed E-state index contributed by atoms with van der Waals surface area (Å²) < 4.78 is 1.83. The summed E-state index contributed by atoms with van der Waals surface area (Å²) in [7, 11) is 0. The molecule has 0 fully saturated rings. The molecule has 5 heteroatoms. The minimum absolute atomic E-state index is 0.606. The van der Waals surface area contributed by atoms with Crippen LogP contribution >= 0.6 is 0 Å². The number of aromatic nitrogens is 4. The highest BCUT2D eigenvalue weighted by Crippen LogP contribution is 2.17.